The average molecular weight is 295 g/mol. The maximum absolute atomic E-state index is 12.1. The molecule has 20 heavy (non-hydrogen) atoms. The van der Waals surface area contributed by atoms with Crippen LogP contribution in [-0.4, -0.2) is 33.3 Å². The Morgan fingerprint density at radius 1 is 1.20 bits per heavy atom. The largest absolute Gasteiger partial charge is 0.497 e. The molecule has 0 aliphatic carbocycles. The molecular formula is C14H17NO4S. The smallest absolute Gasteiger partial charge is 0.240 e. The van der Waals surface area contributed by atoms with Crippen LogP contribution in [0.15, 0.2) is 41.3 Å². The lowest BCUT2D eigenvalue weighted by molar-refractivity contribution is 0.198. The molecule has 0 aliphatic rings. The second-order valence-corrected chi connectivity index (χ2v) is 6.34. The van der Waals surface area contributed by atoms with Crippen molar-refractivity contribution in [2.24, 2.45) is 0 Å². The molecule has 0 amide bonds. The van der Waals surface area contributed by atoms with Gasteiger partial charge >= 0.3 is 0 Å². The third-order valence-corrected chi connectivity index (χ3v) is 4.32. The first kappa shape index (κ1) is 14.8. The fourth-order valence-corrected chi connectivity index (χ4v) is 2.97. The lowest BCUT2D eigenvalue weighted by atomic mass is 10.1. The summed E-state index contributed by atoms with van der Waals surface area (Å²) in [5, 5.41) is 10.9. The third kappa shape index (κ3) is 3.27. The zero-order chi connectivity index (χ0) is 14.8. The van der Waals surface area contributed by atoms with Crippen LogP contribution in [0.4, 0.5) is 0 Å². The van der Waals surface area contributed by atoms with Crippen molar-refractivity contribution >= 4 is 20.8 Å². The summed E-state index contributed by atoms with van der Waals surface area (Å²) in [5.74, 6) is 0.723. The maximum Gasteiger partial charge on any atom is 0.240 e. The van der Waals surface area contributed by atoms with Crippen LogP contribution in [0, 0.1) is 0 Å². The van der Waals surface area contributed by atoms with Gasteiger partial charge in [0.1, 0.15) is 5.75 Å². The highest BCUT2D eigenvalue weighted by Crippen LogP contribution is 2.23. The first-order valence-corrected chi connectivity index (χ1v) is 7.66. The number of rotatable bonds is 5. The number of aliphatic hydroxyl groups excluding tert-OH is 1. The normalized spacial score (nSPS) is 13.3. The molecule has 0 saturated carbocycles. The third-order valence-electron chi connectivity index (χ3n) is 2.90. The molecule has 0 fully saturated rings. The summed E-state index contributed by atoms with van der Waals surface area (Å²) in [4.78, 5) is 0.177. The molecule has 2 aromatic rings. The molecular weight excluding hydrogens is 278 g/mol. The Bertz CT molecular complexity index is 710. The first-order chi connectivity index (χ1) is 9.42. The Balaban J connectivity index is 2.36. The standard InChI is InChI=1S/C14H17NO4S/c1-10(16)9-15-20(17,18)14-6-4-11-7-13(19-2)5-3-12(11)8-14/h3-8,10,15-16H,9H2,1-2H3. The number of fused-ring (bicyclic) bond motifs is 1. The number of methoxy groups -OCH3 is 1. The van der Waals surface area contributed by atoms with Crippen LogP contribution >= 0.6 is 0 Å². The fraction of sp³-hybridized carbons (Fsp3) is 0.286. The summed E-state index contributed by atoms with van der Waals surface area (Å²) in [7, 11) is -2.02. The zero-order valence-corrected chi connectivity index (χ0v) is 12.1. The number of ether oxygens (including phenoxy) is 1. The molecule has 1 atom stereocenters. The number of benzene rings is 2. The molecule has 2 rings (SSSR count). The van der Waals surface area contributed by atoms with Crippen LogP contribution in [0.3, 0.4) is 0 Å². The van der Waals surface area contributed by atoms with Gasteiger partial charge in [-0.25, -0.2) is 13.1 Å². The summed E-state index contributed by atoms with van der Waals surface area (Å²) in [6.07, 6.45) is -0.727. The van der Waals surface area contributed by atoms with Crippen molar-refractivity contribution < 1.29 is 18.3 Å². The van der Waals surface area contributed by atoms with Crippen molar-refractivity contribution in [1.29, 1.82) is 0 Å². The highest BCUT2D eigenvalue weighted by Gasteiger charge is 2.15. The first-order valence-electron chi connectivity index (χ1n) is 6.18. The van der Waals surface area contributed by atoms with E-state index in [4.69, 9.17) is 9.84 Å². The topological polar surface area (TPSA) is 75.6 Å². The average Bonchev–Trinajstić information content (AvgIpc) is 2.44. The van der Waals surface area contributed by atoms with E-state index in [9.17, 15) is 8.42 Å². The van der Waals surface area contributed by atoms with E-state index in [1.54, 1.807) is 25.3 Å². The molecule has 0 spiro atoms. The molecule has 2 N–H and O–H groups in total. The van der Waals surface area contributed by atoms with Gasteiger partial charge in [0.15, 0.2) is 0 Å². The Morgan fingerprint density at radius 2 is 1.85 bits per heavy atom. The van der Waals surface area contributed by atoms with E-state index in [2.05, 4.69) is 4.72 Å². The van der Waals surface area contributed by atoms with Gasteiger partial charge in [0.25, 0.3) is 0 Å². The highest BCUT2D eigenvalue weighted by molar-refractivity contribution is 7.89. The minimum absolute atomic E-state index is 0.0109. The SMILES string of the molecule is COc1ccc2cc(S(=O)(=O)NCC(C)O)ccc2c1. The van der Waals surface area contributed by atoms with Crippen LogP contribution in [0.2, 0.25) is 0 Å². The zero-order valence-electron chi connectivity index (χ0n) is 11.3. The second kappa shape index (κ2) is 5.78. The van der Waals surface area contributed by atoms with Crippen LogP contribution in [0.5, 0.6) is 5.75 Å². The molecule has 0 aliphatic heterocycles. The predicted molar refractivity (Wildman–Crippen MR) is 77.4 cm³/mol. The molecule has 1 unspecified atom stereocenters. The Kier molecular flexibility index (Phi) is 4.27. The molecule has 108 valence electrons. The van der Waals surface area contributed by atoms with Gasteiger partial charge in [0, 0.05) is 6.54 Å². The van der Waals surface area contributed by atoms with Crippen molar-refractivity contribution in [3.63, 3.8) is 0 Å². The lowest BCUT2D eigenvalue weighted by Gasteiger charge is -2.09. The van der Waals surface area contributed by atoms with Gasteiger partial charge in [0.05, 0.1) is 18.1 Å². The maximum atomic E-state index is 12.1. The van der Waals surface area contributed by atoms with E-state index in [1.807, 2.05) is 12.1 Å². The van der Waals surface area contributed by atoms with Crippen molar-refractivity contribution in [3.05, 3.63) is 36.4 Å². The monoisotopic (exact) mass is 295 g/mol. The molecule has 5 nitrogen and oxygen atoms in total. The van der Waals surface area contributed by atoms with Crippen LogP contribution in [0.1, 0.15) is 6.92 Å². The lowest BCUT2D eigenvalue weighted by Crippen LogP contribution is -2.30. The van der Waals surface area contributed by atoms with E-state index < -0.39 is 16.1 Å². The van der Waals surface area contributed by atoms with E-state index in [0.29, 0.717) is 0 Å². The molecule has 0 heterocycles. The van der Waals surface area contributed by atoms with Gasteiger partial charge in [0.2, 0.25) is 10.0 Å². The highest BCUT2D eigenvalue weighted by atomic mass is 32.2. The van der Waals surface area contributed by atoms with Crippen molar-refractivity contribution in [2.45, 2.75) is 17.9 Å². The van der Waals surface area contributed by atoms with Gasteiger partial charge in [-0.3, -0.25) is 0 Å². The summed E-state index contributed by atoms with van der Waals surface area (Å²) in [5.41, 5.74) is 0. The van der Waals surface area contributed by atoms with E-state index in [0.717, 1.165) is 16.5 Å². The summed E-state index contributed by atoms with van der Waals surface area (Å²) in [6.45, 7) is 1.51. The van der Waals surface area contributed by atoms with Crippen molar-refractivity contribution in [2.75, 3.05) is 13.7 Å². The molecule has 6 heteroatoms. The van der Waals surface area contributed by atoms with Gasteiger partial charge in [-0.05, 0) is 42.0 Å². The minimum atomic E-state index is -3.60. The number of nitrogens with one attached hydrogen (secondary N) is 1. The molecule has 0 radical (unpaired) electrons. The minimum Gasteiger partial charge on any atom is -0.497 e. The van der Waals surface area contributed by atoms with E-state index in [-0.39, 0.29) is 11.4 Å². The number of sulfonamides is 1. The fourth-order valence-electron chi connectivity index (χ4n) is 1.81. The molecule has 0 aromatic heterocycles. The summed E-state index contributed by atoms with van der Waals surface area (Å²) < 4.78 is 31.6. The Labute approximate surface area is 118 Å². The van der Waals surface area contributed by atoms with Crippen LogP contribution < -0.4 is 9.46 Å². The molecule has 0 saturated heterocycles. The van der Waals surface area contributed by atoms with Crippen molar-refractivity contribution in [1.82, 2.24) is 4.72 Å². The Morgan fingerprint density at radius 3 is 2.50 bits per heavy atom. The molecule has 2 aromatic carbocycles. The molecule has 0 bridgehead atoms. The summed E-state index contributed by atoms with van der Waals surface area (Å²) in [6, 6.07) is 10.3. The second-order valence-electron chi connectivity index (χ2n) is 4.58. The van der Waals surface area contributed by atoms with Crippen LogP contribution in [0.25, 0.3) is 10.8 Å². The quantitative estimate of drug-likeness (QED) is 0.876. The van der Waals surface area contributed by atoms with Gasteiger partial charge in [-0.15, -0.1) is 0 Å². The number of hydrogen-bond donors (Lipinski definition) is 2. The predicted octanol–water partition coefficient (Wildman–Crippen LogP) is 1.51. The van der Waals surface area contributed by atoms with Crippen LogP contribution in [-0.2, 0) is 10.0 Å². The number of aliphatic hydroxyl groups is 1. The Hall–Kier alpha value is -1.63. The summed E-state index contributed by atoms with van der Waals surface area (Å²) >= 11 is 0. The van der Waals surface area contributed by atoms with E-state index >= 15 is 0 Å². The van der Waals surface area contributed by atoms with Gasteiger partial charge < -0.3 is 9.84 Å². The number of hydrogen-bond acceptors (Lipinski definition) is 4. The van der Waals surface area contributed by atoms with Gasteiger partial charge in [-0.2, -0.15) is 0 Å². The van der Waals surface area contributed by atoms with Crippen molar-refractivity contribution in [3.8, 4) is 5.75 Å². The van der Waals surface area contributed by atoms with Gasteiger partial charge in [-0.1, -0.05) is 12.1 Å². The van der Waals surface area contributed by atoms with E-state index in [1.165, 1.54) is 13.0 Å².